The van der Waals surface area contributed by atoms with Crippen molar-refractivity contribution in [1.29, 1.82) is 0 Å². The van der Waals surface area contributed by atoms with Crippen LogP contribution in [-0.4, -0.2) is 18.0 Å². The topological polar surface area (TPSA) is 55.4 Å². The van der Waals surface area contributed by atoms with E-state index in [0.717, 1.165) is 26.9 Å². The predicted octanol–water partition coefficient (Wildman–Crippen LogP) is 4.65. The Balaban J connectivity index is 1.95. The van der Waals surface area contributed by atoms with Crippen molar-refractivity contribution in [3.05, 3.63) is 69.7 Å². The molecule has 0 radical (unpaired) electrons. The van der Waals surface area contributed by atoms with Crippen molar-refractivity contribution in [1.82, 2.24) is 0 Å². The maximum absolute atomic E-state index is 12.2. The van der Waals surface area contributed by atoms with Crippen LogP contribution in [0.4, 0.5) is 5.69 Å². The zero-order valence-corrected chi connectivity index (χ0v) is 16.0. The number of nitrogens with one attached hydrogen (secondary N) is 1. The number of hydrogen-bond donors (Lipinski definition) is 1. The van der Waals surface area contributed by atoms with Gasteiger partial charge in [0, 0.05) is 16.2 Å². The van der Waals surface area contributed by atoms with E-state index in [1.54, 1.807) is 13.0 Å². The Morgan fingerprint density at radius 3 is 2.60 bits per heavy atom. The fourth-order valence-corrected chi connectivity index (χ4v) is 2.56. The van der Waals surface area contributed by atoms with E-state index in [2.05, 4.69) is 21.2 Å². The van der Waals surface area contributed by atoms with Crippen LogP contribution >= 0.6 is 15.9 Å². The third-order valence-electron chi connectivity index (χ3n) is 3.62. The highest BCUT2D eigenvalue weighted by Gasteiger charge is 2.17. The zero-order chi connectivity index (χ0) is 18.4. The molecule has 1 amide bonds. The highest BCUT2D eigenvalue weighted by molar-refractivity contribution is 9.10. The quantitative estimate of drug-likeness (QED) is 0.585. The van der Waals surface area contributed by atoms with Crippen LogP contribution < -0.4 is 5.32 Å². The molecular formula is C20H20BrNO3. The molecule has 0 fully saturated rings. The molecule has 1 N–H and O–H groups in total. The van der Waals surface area contributed by atoms with Crippen LogP contribution in [0.15, 0.2) is 53.0 Å². The molecule has 0 heterocycles. The van der Waals surface area contributed by atoms with E-state index < -0.39 is 12.1 Å². The molecule has 2 rings (SSSR count). The summed E-state index contributed by atoms with van der Waals surface area (Å²) in [6.45, 7) is 5.40. The first-order valence-electron chi connectivity index (χ1n) is 7.88. The van der Waals surface area contributed by atoms with Gasteiger partial charge in [-0.1, -0.05) is 46.3 Å². The second-order valence-electron chi connectivity index (χ2n) is 5.74. The molecule has 0 spiro atoms. The third kappa shape index (κ3) is 5.57. The smallest absolute Gasteiger partial charge is 0.331 e. The Hall–Kier alpha value is -2.40. The molecule has 0 aliphatic carbocycles. The van der Waals surface area contributed by atoms with Gasteiger partial charge in [-0.2, -0.15) is 0 Å². The Labute approximate surface area is 156 Å². The molecule has 0 aliphatic heterocycles. The van der Waals surface area contributed by atoms with Crippen LogP contribution in [0.25, 0.3) is 6.08 Å². The first-order valence-corrected chi connectivity index (χ1v) is 8.67. The van der Waals surface area contributed by atoms with Crippen LogP contribution in [-0.2, 0) is 14.3 Å². The van der Waals surface area contributed by atoms with Crippen molar-refractivity contribution in [3.63, 3.8) is 0 Å². The van der Waals surface area contributed by atoms with Gasteiger partial charge in [-0.25, -0.2) is 4.79 Å². The minimum absolute atomic E-state index is 0.364. The maximum Gasteiger partial charge on any atom is 0.331 e. The van der Waals surface area contributed by atoms with Crippen molar-refractivity contribution in [2.24, 2.45) is 0 Å². The molecule has 2 aromatic rings. The Morgan fingerprint density at radius 2 is 1.88 bits per heavy atom. The number of ether oxygens (including phenoxy) is 1. The summed E-state index contributed by atoms with van der Waals surface area (Å²) < 4.78 is 6.04. The van der Waals surface area contributed by atoms with E-state index >= 15 is 0 Å². The number of aryl methyl sites for hydroxylation is 2. The molecule has 0 saturated heterocycles. The molecule has 0 aliphatic rings. The minimum Gasteiger partial charge on any atom is -0.449 e. The number of carbonyl (C=O) groups excluding carboxylic acids is 2. The average Bonchev–Trinajstić information content (AvgIpc) is 2.57. The highest BCUT2D eigenvalue weighted by atomic mass is 79.9. The van der Waals surface area contributed by atoms with Crippen molar-refractivity contribution in [2.45, 2.75) is 26.9 Å². The van der Waals surface area contributed by atoms with Crippen LogP contribution in [0, 0.1) is 13.8 Å². The van der Waals surface area contributed by atoms with Gasteiger partial charge in [0.15, 0.2) is 6.10 Å². The first-order chi connectivity index (χ1) is 11.9. The lowest BCUT2D eigenvalue weighted by Crippen LogP contribution is -2.29. The van der Waals surface area contributed by atoms with Crippen molar-refractivity contribution in [2.75, 3.05) is 5.32 Å². The van der Waals surface area contributed by atoms with Crippen molar-refractivity contribution < 1.29 is 14.3 Å². The fourth-order valence-electron chi connectivity index (χ4n) is 2.14. The van der Waals surface area contributed by atoms with Gasteiger partial charge >= 0.3 is 5.97 Å². The van der Waals surface area contributed by atoms with E-state index in [4.69, 9.17) is 4.74 Å². The van der Waals surface area contributed by atoms with Crippen molar-refractivity contribution in [3.8, 4) is 0 Å². The molecular weight excluding hydrogens is 382 g/mol. The summed E-state index contributed by atoms with van der Waals surface area (Å²) in [6, 6.07) is 13.3. The molecule has 0 saturated carbocycles. The standard InChI is InChI=1S/C20H20BrNO3/c1-13-8-9-14(2)18(12-13)22-20(24)15(3)25-19(23)11-10-16-6-4-5-7-17(16)21/h4-12,15H,1-3H3,(H,22,24)/b11-10+/t15-/m1/s1. The van der Waals surface area contributed by atoms with Gasteiger partial charge in [0.2, 0.25) is 0 Å². The monoisotopic (exact) mass is 401 g/mol. The van der Waals surface area contributed by atoms with E-state index in [0.29, 0.717) is 0 Å². The summed E-state index contributed by atoms with van der Waals surface area (Å²) in [4.78, 5) is 24.1. The van der Waals surface area contributed by atoms with E-state index in [-0.39, 0.29) is 5.91 Å². The average molecular weight is 402 g/mol. The van der Waals surface area contributed by atoms with E-state index in [1.165, 1.54) is 6.08 Å². The largest absolute Gasteiger partial charge is 0.449 e. The van der Waals surface area contributed by atoms with E-state index in [9.17, 15) is 9.59 Å². The van der Waals surface area contributed by atoms with Crippen LogP contribution in [0.5, 0.6) is 0 Å². The van der Waals surface area contributed by atoms with Gasteiger partial charge in [0.05, 0.1) is 0 Å². The molecule has 2 aromatic carbocycles. The van der Waals surface area contributed by atoms with Gasteiger partial charge in [-0.15, -0.1) is 0 Å². The maximum atomic E-state index is 12.2. The van der Waals surface area contributed by atoms with Gasteiger partial charge in [-0.3, -0.25) is 4.79 Å². The second kappa shape index (κ2) is 8.62. The first kappa shape index (κ1) is 18.9. The zero-order valence-electron chi connectivity index (χ0n) is 14.4. The lowest BCUT2D eigenvalue weighted by molar-refractivity contribution is -0.148. The minimum atomic E-state index is -0.892. The van der Waals surface area contributed by atoms with Crippen LogP contribution in [0.1, 0.15) is 23.6 Å². The summed E-state index contributed by atoms with van der Waals surface area (Å²) in [6.07, 6.45) is 2.06. The van der Waals surface area contributed by atoms with Crippen LogP contribution in [0.3, 0.4) is 0 Å². The fraction of sp³-hybridized carbons (Fsp3) is 0.200. The number of benzene rings is 2. The summed E-state index contributed by atoms with van der Waals surface area (Å²) in [5.41, 5.74) is 3.57. The Morgan fingerprint density at radius 1 is 1.16 bits per heavy atom. The van der Waals surface area contributed by atoms with Gasteiger partial charge < -0.3 is 10.1 Å². The highest BCUT2D eigenvalue weighted by Crippen LogP contribution is 2.18. The normalized spacial score (nSPS) is 12.0. The molecule has 0 bridgehead atoms. The number of carbonyl (C=O) groups is 2. The lowest BCUT2D eigenvalue weighted by Gasteiger charge is -2.14. The number of halogens is 1. The summed E-state index contributed by atoms with van der Waals surface area (Å²) >= 11 is 3.40. The van der Waals surface area contributed by atoms with E-state index in [1.807, 2.05) is 56.3 Å². The van der Waals surface area contributed by atoms with Gasteiger partial charge in [0.1, 0.15) is 0 Å². The molecule has 0 unspecified atom stereocenters. The van der Waals surface area contributed by atoms with Gasteiger partial charge in [0.25, 0.3) is 5.91 Å². The number of hydrogen-bond acceptors (Lipinski definition) is 3. The third-order valence-corrected chi connectivity index (χ3v) is 4.34. The molecule has 5 heteroatoms. The summed E-state index contributed by atoms with van der Waals surface area (Å²) in [7, 11) is 0. The predicted molar refractivity (Wildman–Crippen MR) is 103 cm³/mol. The van der Waals surface area contributed by atoms with Gasteiger partial charge in [-0.05, 0) is 55.7 Å². The lowest BCUT2D eigenvalue weighted by atomic mass is 10.1. The Kier molecular flexibility index (Phi) is 6.53. The number of anilines is 1. The molecule has 4 nitrogen and oxygen atoms in total. The molecule has 0 aromatic heterocycles. The SMILES string of the molecule is Cc1ccc(C)c(NC(=O)[C@@H](C)OC(=O)/C=C/c2ccccc2Br)c1. The number of amides is 1. The molecule has 25 heavy (non-hydrogen) atoms. The molecule has 1 atom stereocenters. The summed E-state index contributed by atoms with van der Waals surface area (Å²) in [5.74, 6) is -0.935. The molecule has 130 valence electrons. The summed E-state index contributed by atoms with van der Waals surface area (Å²) in [5, 5.41) is 2.79. The number of rotatable bonds is 5. The second-order valence-corrected chi connectivity index (χ2v) is 6.60. The van der Waals surface area contributed by atoms with Crippen molar-refractivity contribution >= 4 is 39.6 Å². The van der Waals surface area contributed by atoms with Crippen LogP contribution in [0.2, 0.25) is 0 Å². The number of esters is 1. The Bertz CT molecular complexity index is 814.